The van der Waals surface area contributed by atoms with Gasteiger partial charge in [0.25, 0.3) is 5.91 Å². The summed E-state index contributed by atoms with van der Waals surface area (Å²) in [6, 6.07) is 14.6. The van der Waals surface area contributed by atoms with E-state index in [0.29, 0.717) is 22.3 Å². The smallest absolute Gasteiger partial charge is 0.328 e. The van der Waals surface area contributed by atoms with Crippen LogP contribution in [0.5, 0.6) is 0 Å². The van der Waals surface area contributed by atoms with E-state index in [0.717, 1.165) is 5.52 Å². The van der Waals surface area contributed by atoms with Gasteiger partial charge in [0.2, 0.25) is 0 Å². The molecule has 3 rings (SSSR count). The summed E-state index contributed by atoms with van der Waals surface area (Å²) >= 11 is 0. The number of nitriles is 1. The van der Waals surface area contributed by atoms with Crippen LogP contribution in [0.1, 0.15) is 21.6 Å². The van der Waals surface area contributed by atoms with E-state index in [4.69, 9.17) is 10.00 Å². The number of ether oxygens (including phenoxy) is 1. The maximum absolute atomic E-state index is 12.4. The van der Waals surface area contributed by atoms with Gasteiger partial charge in [-0.3, -0.25) is 9.78 Å². The molecule has 0 aliphatic heterocycles. The van der Waals surface area contributed by atoms with Crippen molar-refractivity contribution in [2.45, 2.75) is 12.5 Å². The first-order valence-electron chi connectivity index (χ1n) is 8.20. The van der Waals surface area contributed by atoms with Crippen LogP contribution in [0.4, 0.5) is 0 Å². The molecule has 27 heavy (non-hydrogen) atoms. The van der Waals surface area contributed by atoms with Crippen LogP contribution in [-0.2, 0) is 16.0 Å². The van der Waals surface area contributed by atoms with Gasteiger partial charge in [-0.2, -0.15) is 5.26 Å². The Morgan fingerprint density at radius 2 is 1.85 bits per heavy atom. The Kier molecular flexibility index (Phi) is 5.38. The third-order valence-electron chi connectivity index (χ3n) is 3.98. The molecule has 0 spiro atoms. The number of para-hydroxylation sites is 2. The first-order chi connectivity index (χ1) is 13.1. The van der Waals surface area contributed by atoms with Crippen LogP contribution in [0.2, 0.25) is 0 Å². The van der Waals surface area contributed by atoms with Crippen molar-refractivity contribution >= 4 is 22.9 Å². The van der Waals surface area contributed by atoms with E-state index in [-0.39, 0.29) is 6.42 Å². The number of aromatic nitrogens is 2. The molecule has 7 nitrogen and oxygen atoms in total. The van der Waals surface area contributed by atoms with Crippen molar-refractivity contribution in [3.8, 4) is 6.07 Å². The summed E-state index contributed by atoms with van der Waals surface area (Å²) in [4.78, 5) is 33.4. The summed E-state index contributed by atoms with van der Waals surface area (Å²) in [6.45, 7) is 0. The molecule has 0 saturated heterocycles. The minimum atomic E-state index is -0.909. The molecule has 7 heteroatoms. The van der Waals surface area contributed by atoms with Crippen LogP contribution in [0, 0.1) is 11.3 Å². The van der Waals surface area contributed by atoms with Crippen molar-refractivity contribution < 1.29 is 14.3 Å². The van der Waals surface area contributed by atoms with Crippen LogP contribution >= 0.6 is 0 Å². The summed E-state index contributed by atoms with van der Waals surface area (Å²) in [6.07, 6.45) is 1.72. The molecule has 1 aromatic heterocycles. The first kappa shape index (κ1) is 18.0. The van der Waals surface area contributed by atoms with E-state index in [9.17, 15) is 9.59 Å². The minimum absolute atomic E-state index is 0.145. The molecule has 0 bridgehead atoms. The number of hydrogen-bond acceptors (Lipinski definition) is 6. The largest absolute Gasteiger partial charge is 0.467 e. The summed E-state index contributed by atoms with van der Waals surface area (Å²) in [7, 11) is 1.26. The van der Waals surface area contributed by atoms with E-state index in [1.54, 1.807) is 6.20 Å². The predicted octanol–water partition coefficient (Wildman–Crippen LogP) is 2.02. The minimum Gasteiger partial charge on any atom is -0.467 e. The van der Waals surface area contributed by atoms with Gasteiger partial charge in [0.05, 0.1) is 35.5 Å². The molecule has 1 amide bonds. The van der Waals surface area contributed by atoms with E-state index in [2.05, 4.69) is 15.3 Å². The van der Waals surface area contributed by atoms with Gasteiger partial charge in [0.1, 0.15) is 6.04 Å². The fourth-order valence-electron chi connectivity index (χ4n) is 2.58. The highest BCUT2D eigenvalue weighted by atomic mass is 16.5. The molecule has 1 heterocycles. The molecule has 134 valence electrons. The number of nitrogens with one attached hydrogen (secondary N) is 1. The highest BCUT2D eigenvalue weighted by molar-refractivity contribution is 5.96. The zero-order valence-corrected chi connectivity index (χ0v) is 14.5. The van der Waals surface area contributed by atoms with E-state index >= 15 is 0 Å². The first-order valence-corrected chi connectivity index (χ1v) is 8.20. The van der Waals surface area contributed by atoms with Gasteiger partial charge in [0, 0.05) is 18.2 Å². The fourth-order valence-corrected chi connectivity index (χ4v) is 2.58. The van der Waals surface area contributed by atoms with E-state index < -0.39 is 17.9 Å². The van der Waals surface area contributed by atoms with Crippen molar-refractivity contribution in [1.29, 1.82) is 5.26 Å². The van der Waals surface area contributed by atoms with Gasteiger partial charge in [-0.15, -0.1) is 0 Å². The van der Waals surface area contributed by atoms with Crippen molar-refractivity contribution in [1.82, 2.24) is 15.3 Å². The van der Waals surface area contributed by atoms with Crippen LogP contribution in [-0.4, -0.2) is 35.0 Å². The number of methoxy groups -OCH3 is 1. The van der Waals surface area contributed by atoms with Crippen molar-refractivity contribution in [2.75, 3.05) is 7.11 Å². The third kappa shape index (κ3) is 4.25. The molecule has 0 aliphatic carbocycles. The molecule has 1 atom stereocenters. The van der Waals surface area contributed by atoms with Gasteiger partial charge in [-0.25, -0.2) is 9.78 Å². The SMILES string of the molecule is COC(=O)[C@@H](Cc1cnc2ccccc2n1)NC(=O)c1ccc(C#N)cc1. The standard InChI is InChI=1S/C20H16N4O3/c1-27-20(26)18(24-19(25)14-8-6-13(11-21)7-9-14)10-15-12-22-16-4-2-3-5-17(16)23-15/h2-9,12,18H,10H2,1H3,(H,24,25)/t18-/m1/s1. The highest BCUT2D eigenvalue weighted by Crippen LogP contribution is 2.11. The second-order valence-corrected chi connectivity index (χ2v) is 5.79. The number of hydrogen-bond donors (Lipinski definition) is 1. The quantitative estimate of drug-likeness (QED) is 0.698. The number of benzene rings is 2. The molecule has 0 unspecified atom stereocenters. The molecule has 0 fully saturated rings. The Labute approximate surface area is 155 Å². The predicted molar refractivity (Wildman–Crippen MR) is 97.7 cm³/mol. The molecule has 0 radical (unpaired) electrons. The van der Waals surface area contributed by atoms with Gasteiger partial charge in [-0.1, -0.05) is 12.1 Å². The van der Waals surface area contributed by atoms with E-state index in [1.807, 2.05) is 30.3 Å². The van der Waals surface area contributed by atoms with Crippen LogP contribution in [0.25, 0.3) is 11.0 Å². The summed E-state index contributed by atoms with van der Waals surface area (Å²) < 4.78 is 4.80. The zero-order valence-electron chi connectivity index (χ0n) is 14.5. The monoisotopic (exact) mass is 360 g/mol. The molecular weight excluding hydrogens is 344 g/mol. The Hall–Kier alpha value is -3.79. The third-order valence-corrected chi connectivity index (χ3v) is 3.98. The van der Waals surface area contributed by atoms with Crippen LogP contribution in [0.15, 0.2) is 54.7 Å². The molecule has 2 aromatic carbocycles. The van der Waals surface area contributed by atoms with Crippen LogP contribution < -0.4 is 5.32 Å². The number of carbonyl (C=O) groups is 2. The van der Waals surface area contributed by atoms with Gasteiger partial charge < -0.3 is 10.1 Å². The second-order valence-electron chi connectivity index (χ2n) is 5.79. The molecule has 1 N–H and O–H groups in total. The molecule has 3 aromatic rings. The lowest BCUT2D eigenvalue weighted by molar-refractivity contribution is -0.142. The molecule has 0 aliphatic rings. The Balaban J connectivity index is 1.79. The number of fused-ring (bicyclic) bond motifs is 1. The average Bonchev–Trinajstić information content (AvgIpc) is 2.72. The number of carbonyl (C=O) groups excluding carboxylic acids is 2. The Bertz CT molecular complexity index is 1030. The van der Waals surface area contributed by atoms with E-state index in [1.165, 1.54) is 31.4 Å². The lowest BCUT2D eigenvalue weighted by Gasteiger charge is -2.16. The number of nitrogens with zero attached hydrogens (tertiary/aromatic N) is 3. The van der Waals surface area contributed by atoms with Crippen molar-refractivity contribution in [2.24, 2.45) is 0 Å². The number of esters is 1. The fraction of sp³-hybridized carbons (Fsp3) is 0.150. The lowest BCUT2D eigenvalue weighted by atomic mass is 10.1. The number of amides is 1. The zero-order chi connectivity index (χ0) is 19.2. The lowest BCUT2D eigenvalue weighted by Crippen LogP contribution is -2.43. The maximum atomic E-state index is 12.4. The normalized spacial score (nSPS) is 11.4. The summed E-state index contributed by atoms with van der Waals surface area (Å²) in [5.41, 5.74) is 2.80. The second kappa shape index (κ2) is 8.06. The van der Waals surface area contributed by atoms with Gasteiger partial charge in [-0.05, 0) is 36.4 Å². The summed E-state index contributed by atoms with van der Waals surface area (Å²) in [5.74, 6) is -1.02. The van der Waals surface area contributed by atoms with Gasteiger partial charge in [0.15, 0.2) is 0 Å². The average molecular weight is 360 g/mol. The Morgan fingerprint density at radius 3 is 2.52 bits per heavy atom. The number of rotatable bonds is 5. The van der Waals surface area contributed by atoms with Crippen molar-refractivity contribution in [3.05, 3.63) is 71.5 Å². The molecule has 0 saturated carbocycles. The van der Waals surface area contributed by atoms with Gasteiger partial charge >= 0.3 is 5.97 Å². The van der Waals surface area contributed by atoms with Crippen molar-refractivity contribution in [3.63, 3.8) is 0 Å². The summed E-state index contributed by atoms with van der Waals surface area (Å²) in [5, 5.41) is 11.5. The maximum Gasteiger partial charge on any atom is 0.328 e. The topological polar surface area (TPSA) is 105 Å². The Morgan fingerprint density at radius 1 is 1.15 bits per heavy atom. The molecular formula is C20H16N4O3. The highest BCUT2D eigenvalue weighted by Gasteiger charge is 2.23. The van der Waals surface area contributed by atoms with Crippen LogP contribution in [0.3, 0.4) is 0 Å².